The summed E-state index contributed by atoms with van der Waals surface area (Å²) < 4.78 is 0. The third-order valence-electron chi connectivity index (χ3n) is 3.67. The van der Waals surface area contributed by atoms with Gasteiger partial charge in [-0.3, -0.25) is 0 Å². The maximum absolute atomic E-state index is 3.75. The SMILES string of the molecule is CCCNC(c1ccc(C(C)(C)C)s1)c1sccc1CC. The fourth-order valence-corrected chi connectivity index (χ4v) is 4.73. The van der Waals surface area contributed by atoms with Crippen LogP contribution < -0.4 is 5.32 Å². The zero-order valence-corrected chi connectivity index (χ0v) is 15.5. The Balaban J connectivity index is 2.34. The third kappa shape index (κ3) is 3.97. The van der Waals surface area contributed by atoms with E-state index in [2.05, 4.69) is 63.5 Å². The van der Waals surface area contributed by atoms with E-state index in [0.29, 0.717) is 6.04 Å². The fraction of sp³-hybridized carbons (Fsp3) is 0.556. The minimum Gasteiger partial charge on any atom is -0.305 e. The lowest BCUT2D eigenvalue weighted by Crippen LogP contribution is -2.22. The van der Waals surface area contributed by atoms with Crippen molar-refractivity contribution in [3.8, 4) is 0 Å². The van der Waals surface area contributed by atoms with Crippen molar-refractivity contribution in [2.75, 3.05) is 6.54 Å². The predicted molar refractivity (Wildman–Crippen MR) is 96.9 cm³/mol. The molecule has 0 aliphatic heterocycles. The highest BCUT2D eigenvalue weighted by molar-refractivity contribution is 7.13. The molecule has 2 rings (SSSR count). The molecule has 1 N–H and O–H groups in total. The highest BCUT2D eigenvalue weighted by Crippen LogP contribution is 2.37. The number of hydrogen-bond acceptors (Lipinski definition) is 3. The van der Waals surface area contributed by atoms with Crippen molar-refractivity contribution in [2.24, 2.45) is 0 Å². The second-order valence-electron chi connectivity index (χ2n) is 6.50. The Morgan fingerprint density at radius 1 is 1.14 bits per heavy atom. The third-order valence-corrected chi connectivity index (χ3v) is 6.27. The van der Waals surface area contributed by atoms with Crippen molar-refractivity contribution in [2.45, 2.75) is 58.9 Å². The summed E-state index contributed by atoms with van der Waals surface area (Å²) in [6.45, 7) is 12.4. The molecule has 2 aromatic heterocycles. The summed E-state index contributed by atoms with van der Waals surface area (Å²) in [6.07, 6.45) is 2.28. The van der Waals surface area contributed by atoms with E-state index in [0.717, 1.165) is 13.0 Å². The van der Waals surface area contributed by atoms with E-state index >= 15 is 0 Å². The summed E-state index contributed by atoms with van der Waals surface area (Å²) >= 11 is 3.85. The van der Waals surface area contributed by atoms with Gasteiger partial charge >= 0.3 is 0 Å². The lowest BCUT2D eigenvalue weighted by Gasteiger charge is -2.19. The second kappa shape index (κ2) is 7.08. The summed E-state index contributed by atoms with van der Waals surface area (Å²) in [7, 11) is 0. The number of nitrogens with one attached hydrogen (secondary N) is 1. The molecular formula is C18H27NS2. The van der Waals surface area contributed by atoms with Crippen LogP contribution in [0.2, 0.25) is 0 Å². The monoisotopic (exact) mass is 321 g/mol. The van der Waals surface area contributed by atoms with Gasteiger partial charge in [0.15, 0.2) is 0 Å². The van der Waals surface area contributed by atoms with E-state index in [1.54, 1.807) is 0 Å². The Morgan fingerprint density at radius 2 is 1.90 bits per heavy atom. The van der Waals surface area contributed by atoms with Gasteiger partial charge in [-0.15, -0.1) is 22.7 Å². The lowest BCUT2D eigenvalue weighted by atomic mass is 9.95. The highest BCUT2D eigenvalue weighted by atomic mass is 32.1. The van der Waals surface area contributed by atoms with Crippen molar-refractivity contribution < 1.29 is 0 Å². The van der Waals surface area contributed by atoms with Gasteiger partial charge in [-0.1, -0.05) is 34.6 Å². The molecule has 2 aromatic rings. The quantitative estimate of drug-likeness (QED) is 0.713. The molecule has 1 atom stereocenters. The molecule has 3 heteroatoms. The molecule has 1 unspecified atom stereocenters. The zero-order valence-electron chi connectivity index (χ0n) is 13.8. The number of rotatable bonds is 6. The first-order valence-electron chi connectivity index (χ1n) is 7.87. The molecule has 0 amide bonds. The van der Waals surface area contributed by atoms with Crippen molar-refractivity contribution in [3.63, 3.8) is 0 Å². The molecule has 0 bridgehead atoms. The van der Waals surface area contributed by atoms with Gasteiger partial charge < -0.3 is 5.32 Å². The first-order chi connectivity index (χ1) is 9.97. The minimum absolute atomic E-state index is 0.237. The molecule has 0 spiro atoms. The molecule has 116 valence electrons. The van der Waals surface area contributed by atoms with Crippen molar-refractivity contribution >= 4 is 22.7 Å². The topological polar surface area (TPSA) is 12.0 Å². The Bertz CT molecular complexity index is 560. The van der Waals surface area contributed by atoms with E-state index in [-0.39, 0.29) is 5.41 Å². The fourth-order valence-electron chi connectivity index (χ4n) is 2.42. The number of hydrogen-bond donors (Lipinski definition) is 1. The van der Waals surface area contributed by atoms with Crippen molar-refractivity contribution in [1.82, 2.24) is 5.32 Å². The van der Waals surface area contributed by atoms with Crippen LogP contribution in [0.4, 0.5) is 0 Å². The molecule has 0 radical (unpaired) electrons. The summed E-state index contributed by atoms with van der Waals surface area (Å²) in [5, 5.41) is 5.98. The summed E-state index contributed by atoms with van der Waals surface area (Å²) in [6, 6.07) is 7.26. The van der Waals surface area contributed by atoms with Crippen molar-refractivity contribution in [3.05, 3.63) is 43.8 Å². The average molecular weight is 322 g/mol. The molecule has 0 aliphatic rings. The van der Waals surface area contributed by atoms with E-state index in [1.165, 1.54) is 26.6 Å². The lowest BCUT2D eigenvalue weighted by molar-refractivity contribution is 0.603. The van der Waals surface area contributed by atoms with Crippen LogP contribution in [0.25, 0.3) is 0 Å². The van der Waals surface area contributed by atoms with E-state index in [4.69, 9.17) is 0 Å². The Hall–Kier alpha value is -0.640. The van der Waals surface area contributed by atoms with Gasteiger partial charge in [-0.05, 0) is 53.9 Å². The Morgan fingerprint density at radius 3 is 2.48 bits per heavy atom. The Labute approximate surface area is 137 Å². The van der Waals surface area contributed by atoms with Crippen LogP contribution in [0.15, 0.2) is 23.6 Å². The minimum atomic E-state index is 0.237. The molecule has 0 saturated carbocycles. The van der Waals surface area contributed by atoms with Gasteiger partial charge in [0.2, 0.25) is 0 Å². The van der Waals surface area contributed by atoms with Crippen LogP contribution in [0.1, 0.15) is 67.3 Å². The van der Waals surface area contributed by atoms with E-state index in [1.807, 2.05) is 22.7 Å². The summed E-state index contributed by atoms with van der Waals surface area (Å²) in [5.74, 6) is 0. The maximum atomic E-state index is 3.75. The highest BCUT2D eigenvalue weighted by Gasteiger charge is 2.22. The normalized spacial score (nSPS) is 13.6. The van der Waals surface area contributed by atoms with Crippen molar-refractivity contribution in [1.29, 1.82) is 0 Å². The molecule has 0 aliphatic carbocycles. The second-order valence-corrected chi connectivity index (χ2v) is 8.57. The largest absolute Gasteiger partial charge is 0.305 e. The molecular weight excluding hydrogens is 294 g/mol. The van der Waals surface area contributed by atoms with Crippen LogP contribution in [-0.2, 0) is 11.8 Å². The number of thiophene rings is 2. The maximum Gasteiger partial charge on any atom is 0.0767 e. The van der Waals surface area contributed by atoms with Crippen LogP contribution in [-0.4, -0.2) is 6.54 Å². The molecule has 0 aromatic carbocycles. The first-order valence-corrected chi connectivity index (χ1v) is 9.56. The van der Waals surface area contributed by atoms with Crippen LogP contribution in [0.3, 0.4) is 0 Å². The summed E-state index contributed by atoms with van der Waals surface area (Å²) in [4.78, 5) is 4.41. The zero-order chi connectivity index (χ0) is 15.5. The molecule has 0 saturated heterocycles. The molecule has 0 fully saturated rings. The van der Waals surface area contributed by atoms with Crippen LogP contribution in [0.5, 0.6) is 0 Å². The van der Waals surface area contributed by atoms with E-state index < -0.39 is 0 Å². The first kappa shape index (κ1) is 16.7. The smallest absolute Gasteiger partial charge is 0.0767 e. The Kier molecular flexibility index (Phi) is 5.64. The van der Waals surface area contributed by atoms with Gasteiger partial charge in [0.1, 0.15) is 0 Å². The predicted octanol–water partition coefficient (Wildman–Crippen LogP) is 5.76. The summed E-state index contributed by atoms with van der Waals surface area (Å²) in [5.41, 5.74) is 1.72. The van der Waals surface area contributed by atoms with Gasteiger partial charge in [-0.25, -0.2) is 0 Å². The van der Waals surface area contributed by atoms with Gasteiger partial charge in [0, 0.05) is 14.6 Å². The van der Waals surface area contributed by atoms with Gasteiger partial charge in [0.05, 0.1) is 6.04 Å². The number of aryl methyl sites for hydroxylation is 1. The van der Waals surface area contributed by atoms with Gasteiger partial charge in [0.25, 0.3) is 0 Å². The van der Waals surface area contributed by atoms with Crippen LogP contribution >= 0.6 is 22.7 Å². The van der Waals surface area contributed by atoms with Crippen LogP contribution in [0, 0.1) is 0 Å². The molecule has 1 nitrogen and oxygen atoms in total. The average Bonchev–Trinajstić information content (AvgIpc) is 3.07. The molecule has 2 heterocycles. The molecule has 21 heavy (non-hydrogen) atoms. The van der Waals surface area contributed by atoms with E-state index in [9.17, 15) is 0 Å². The van der Waals surface area contributed by atoms with Gasteiger partial charge in [-0.2, -0.15) is 0 Å². The standard InChI is InChI=1S/C18H27NS2/c1-6-11-19-16(17-13(7-2)10-12-20-17)14-8-9-15(21-14)18(3,4)5/h8-10,12,16,19H,6-7,11H2,1-5H3.